The van der Waals surface area contributed by atoms with Gasteiger partial charge in [-0.1, -0.05) is 24.3 Å². The van der Waals surface area contributed by atoms with Crippen LogP contribution in [0, 0.1) is 5.82 Å². The molecule has 0 amide bonds. The highest BCUT2D eigenvalue weighted by atomic mass is 79.9. The molecule has 0 aromatic heterocycles. The second-order valence-corrected chi connectivity index (χ2v) is 5.44. The molecular formula is C15H12BrFO2. The molecule has 98 valence electrons. The van der Waals surface area contributed by atoms with Crippen LogP contribution >= 0.6 is 15.9 Å². The number of benzene rings is 2. The summed E-state index contributed by atoms with van der Waals surface area (Å²) < 4.78 is 19.3. The molecular weight excluding hydrogens is 311 g/mol. The van der Waals surface area contributed by atoms with Gasteiger partial charge in [0.05, 0.1) is 4.47 Å². The van der Waals surface area contributed by atoms with E-state index in [1.54, 1.807) is 12.1 Å². The van der Waals surface area contributed by atoms with Crippen molar-refractivity contribution < 1.29 is 14.2 Å². The van der Waals surface area contributed by atoms with Gasteiger partial charge in [-0.05, 0) is 45.3 Å². The van der Waals surface area contributed by atoms with Gasteiger partial charge in [0, 0.05) is 6.42 Å². The van der Waals surface area contributed by atoms with Gasteiger partial charge in [-0.15, -0.1) is 0 Å². The van der Waals surface area contributed by atoms with Crippen LogP contribution in [-0.4, -0.2) is 11.2 Å². The Morgan fingerprint density at radius 1 is 1.26 bits per heavy atom. The normalized spacial score (nSPS) is 18.8. The summed E-state index contributed by atoms with van der Waals surface area (Å²) in [5, 5.41) is 10.3. The van der Waals surface area contributed by atoms with Crippen LogP contribution < -0.4 is 4.74 Å². The van der Waals surface area contributed by atoms with E-state index < -0.39 is 6.10 Å². The summed E-state index contributed by atoms with van der Waals surface area (Å²) in [6.07, 6.45) is -0.439. The van der Waals surface area contributed by atoms with Gasteiger partial charge in [0.2, 0.25) is 0 Å². The van der Waals surface area contributed by atoms with Crippen LogP contribution in [0.1, 0.15) is 17.2 Å². The van der Waals surface area contributed by atoms with Gasteiger partial charge in [-0.2, -0.15) is 0 Å². The Bertz CT molecular complexity index is 590. The summed E-state index contributed by atoms with van der Waals surface area (Å²) in [4.78, 5) is 0. The van der Waals surface area contributed by atoms with Crippen molar-refractivity contribution in [3.63, 3.8) is 0 Å². The van der Waals surface area contributed by atoms with Crippen LogP contribution in [-0.2, 0) is 6.42 Å². The van der Waals surface area contributed by atoms with Crippen molar-refractivity contribution in [1.29, 1.82) is 0 Å². The minimum atomic E-state index is -0.774. The molecule has 0 bridgehead atoms. The molecule has 0 saturated carbocycles. The van der Waals surface area contributed by atoms with Crippen LogP contribution in [0.4, 0.5) is 4.39 Å². The van der Waals surface area contributed by atoms with Crippen molar-refractivity contribution in [3.8, 4) is 5.75 Å². The summed E-state index contributed by atoms with van der Waals surface area (Å²) in [7, 11) is 0. The maximum Gasteiger partial charge on any atom is 0.137 e. The molecule has 3 rings (SSSR count). The summed E-state index contributed by atoms with van der Waals surface area (Å²) in [5.41, 5.74) is 1.74. The quantitative estimate of drug-likeness (QED) is 0.915. The van der Waals surface area contributed by atoms with Gasteiger partial charge < -0.3 is 9.84 Å². The van der Waals surface area contributed by atoms with Gasteiger partial charge in [-0.3, -0.25) is 0 Å². The fourth-order valence-electron chi connectivity index (χ4n) is 2.30. The molecule has 0 aliphatic carbocycles. The smallest absolute Gasteiger partial charge is 0.137 e. The van der Waals surface area contributed by atoms with E-state index in [0.29, 0.717) is 16.5 Å². The second-order valence-electron chi connectivity index (χ2n) is 4.59. The zero-order valence-electron chi connectivity index (χ0n) is 10.0. The molecule has 2 aromatic carbocycles. The molecule has 1 aliphatic rings. The molecule has 0 radical (unpaired) electrons. The number of hydrogen-bond acceptors (Lipinski definition) is 2. The fraction of sp³-hybridized carbons (Fsp3) is 0.200. The molecule has 2 unspecified atom stereocenters. The van der Waals surface area contributed by atoms with E-state index >= 15 is 0 Å². The summed E-state index contributed by atoms with van der Waals surface area (Å²) in [6, 6.07) is 12.2. The predicted octanol–water partition coefficient (Wildman–Crippen LogP) is 3.63. The SMILES string of the molecule is OC(c1ccc(F)c(Br)c1)C1Cc2ccccc2O1. The Morgan fingerprint density at radius 3 is 2.79 bits per heavy atom. The van der Waals surface area contributed by atoms with E-state index in [0.717, 1.165) is 11.3 Å². The minimum absolute atomic E-state index is 0.324. The van der Waals surface area contributed by atoms with Crippen LogP contribution in [0.15, 0.2) is 46.9 Å². The lowest BCUT2D eigenvalue weighted by molar-refractivity contribution is 0.0491. The topological polar surface area (TPSA) is 29.5 Å². The van der Waals surface area contributed by atoms with Gasteiger partial charge in [0.25, 0.3) is 0 Å². The van der Waals surface area contributed by atoms with Gasteiger partial charge >= 0.3 is 0 Å². The highest BCUT2D eigenvalue weighted by molar-refractivity contribution is 9.10. The third kappa shape index (κ3) is 2.38. The van der Waals surface area contributed by atoms with Crippen LogP contribution in [0.5, 0.6) is 5.75 Å². The number of aliphatic hydroxyl groups is 1. The maximum atomic E-state index is 13.2. The van der Waals surface area contributed by atoms with Crippen LogP contribution in [0.2, 0.25) is 0 Å². The molecule has 1 heterocycles. The fourth-order valence-corrected chi connectivity index (χ4v) is 2.69. The lowest BCUT2D eigenvalue weighted by Gasteiger charge is -2.18. The zero-order chi connectivity index (χ0) is 13.4. The highest BCUT2D eigenvalue weighted by Gasteiger charge is 2.30. The molecule has 1 N–H and O–H groups in total. The minimum Gasteiger partial charge on any atom is -0.487 e. The second kappa shape index (κ2) is 4.94. The molecule has 2 atom stereocenters. The third-order valence-corrected chi connectivity index (χ3v) is 3.92. The Labute approximate surface area is 119 Å². The number of halogens is 2. The van der Waals surface area contributed by atoms with Gasteiger partial charge in [0.15, 0.2) is 0 Å². The Morgan fingerprint density at radius 2 is 2.05 bits per heavy atom. The van der Waals surface area contributed by atoms with Crippen molar-refractivity contribution >= 4 is 15.9 Å². The number of rotatable bonds is 2. The molecule has 0 fully saturated rings. The van der Waals surface area contributed by atoms with Gasteiger partial charge in [-0.25, -0.2) is 4.39 Å². The average Bonchev–Trinajstić information content (AvgIpc) is 2.85. The first kappa shape index (κ1) is 12.6. The number of ether oxygens (including phenoxy) is 1. The van der Waals surface area contributed by atoms with E-state index in [1.807, 2.05) is 24.3 Å². The average molecular weight is 323 g/mol. The molecule has 0 spiro atoms. The van der Waals surface area contributed by atoms with Crippen LogP contribution in [0.3, 0.4) is 0 Å². The standard InChI is InChI=1S/C15H12BrFO2/c16-11-7-10(5-6-12(11)17)15(18)14-8-9-3-1-2-4-13(9)19-14/h1-7,14-15,18H,8H2. The molecule has 2 nitrogen and oxygen atoms in total. The molecule has 4 heteroatoms. The number of para-hydroxylation sites is 1. The first-order valence-electron chi connectivity index (χ1n) is 6.03. The predicted molar refractivity (Wildman–Crippen MR) is 73.6 cm³/mol. The number of fused-ring (bicyclic) bond motifs is 1. The van der Waals surface area contributed by atoms with Crippen molar-refractivity contribution in [2.45, 2.75) is 18.6 Å². The first-order valence-corrected chi connectivity index (χ1v) is 6.82. The first-order chi connectivity index (χ1) is 9.15. The monoisotopic (exact) mass is 322 g/mol. The summed E-state index contributed by atoms with van der Waals surface area (Å²) in [6.45, 7) is 0. The maximum absolute atomic E-state index is 13.2. The Hall–Kier alpha value is -1.39. The van der Waals surface area contributed by atoms with E-state index in [2.05, 4.69) is 15.9 Å². The lowest BCUT2D eigenvalue weighted by Crippen LogP contribution is -2.23. The molecule has 0 saturated heterocycles. The lowest BCUT2D eigenvalue weighted by atomic mass is 10.0. The number of hydrogen-bond donors (Lipinski definition) is 1. The Balaban J connectivity index is 1.82. The summed E-state index contributed by atoms with van der Waals surface area (Å²) >= 11 is 3.12. The highest BCUT2D eigenvalue weighted by Crippen LogP contribution is 2.34. The molecule has 2 aromatic rings. The van der Waals surface area contributed by atoms with E-state index in [9.17, 15) is 9.50 Å². The zero-order valence-corrected chi connectivity index (χ0v) is 11.6. The van der Waals surface area contributed by atoms with Crippen molar-refractivity contribution in [1.82, 2.24) is 0 Å². The van der Waals surface area contributed by atoms with Crippen LogP contribution in [0.25, 0.3) is 0 Å². The largest absolute Gasteiger partial charge is 0.487 e. The molecule has 19 heavy (non-hydrogen) atoms. The van der Waals surface area contributed by atoms with Crippen molar-refractivity contribution in [3.05, 3.63) is 63.9 Å². The van der Waals surface area contributed by atoms with Crippen molar-refractivity contribution in [2.24, 2.45) is 0 Å². The van der Waals surface area contributed by atoms with E-state index in [4.69, 9.17) is 4.74 Å². The Kier molecular flexibility index (Phi) is 3.29. The van der Waals surface area contributed by atoms with Crippen molar-refractivity contribution in [2.75, 3.05) is 0 Å². The third-order valence-electron chi connectivity index (χ3n) is 3.31. The van der Waals surface area contributed by atoms with Gasteiger partial charge in [0.1, 0.15) is 23.8 Å². The molecule has 1 aliphatic heterocycles. The number of aliphatic hydroxyl groups excluding tert-OH is 1. The summed E-state index contributed by atoms with van der Waals surface area (Å²) in [5.74, 6) is 0.472. The van der Waals surface area contributed by atoms with E-state index in [1.165, 1.54) is 6.07 Å². The van der Waals surface area contributed by atoms with E-state index in [-0.39, 0.29) is 11.9 Å².